The smallest absolute Gasteiger partial charge is 0.410 e. The predicted octanol–water partition coefficient (Wildman–Crippen LogP) is 3.03. The zero-order chi connectivity index (χ0) is 18.2. The quantitative estimate of drug-likeness (QED) is 0.800. The third-order valence-corrected chi connectivity index (χ3v) is 4.22. The van der Waals surface area contributed by atoms with E-state index < -0.39 is 5.60 Å². The lowest BCUT2D eigenvalue weighted by molar-refractivity contribution is 0.0214. The minimum Gasteiger partial charge on any atom is -0.444 e. The highest BCUT2D eigenvalue weighted by Crippen LogP contribution is 2.24. The van der Waals surface area contributed by atoms with Gasteiger partial charge in [0.05, 0.1) is 6.04 Å². The maximum absolute atomic E-state index is 12.5. The van der Waals surface area contributed by atoms with E-state index in [0.717, 1.165) is 12.8 Å². The summed E-state index contributed by atoms with van der Waals surface area (Å²) >= 11 is 0. The third-order valence-electron chi connectivity index (χ3n) is 4.22. The fourth-order valence-corrected chi connectivity index (χ4v) is 3.20. The molecule has 1 amide bonds. The van der Waals surface area contributed by atoms with Crippen LogP contribution in [0, 0.1) is 0 Å². The largest absolute Gasteiger partial charge is 0.444 e. The number of hydrogen-bond donors (Lipinski definition) is 0. The van der Waals surface area contributed by atoms with E-state index in [1.165, 1.54) is 6.92 Å². The summed E-state index contributed by atoms with van der Waals surface area (Å²) in [6.45, 7) is 8.22. The molecule has 25 heavy (non-hydrogen) atoms. The van der Waals surface area contributed by atoms with E-state index in [1.807, 2.05) is 31.4 Å². The molecule has 0 radical (unpaired) electrons. The first-order valence-corrected chi connectivity index (χ1v) is 8.58. The monoisotopic (exact) mass is 344 g/mol. The van der Waals surface area contributed by atoms with Gasteiger partial charge in [0, 0.05) is 26.2 Å². The van der Waals surface area contributed by atoms with E-state index in [-0.39, 0.29) is 17.9 Å². The van der Waals surface area contributed by atoms with Crippen LogP contribution in [0.3, 0.4) is 0 Å². The molecule has 0 spiro atoms. The van der Waals surface area contributed by atoms with Crippen molar-refractivity contribution in [3.8, 4) is 0 Å². The van der Waals surface area contributed by atoms with Crippen LogP contribution in [-0.4, -0.2) is 49.5 Å². The summed E-state index contributed by atoms with van der Waals surface area (Å²) in [7, 11) is 0. The van der Waals surface area contributed by atoms with Crippen LogP contribution in [0.2, 0.25) is 0 Å². The molecule has 134 valence electrons. The van der Waals surface area contributed by atoms with Crippen LogP contribution in [0.1, 0.15) is 51.2 Å². The Balaban J connectivity index is 1.88. The Morgan fingerprint density at radius 3 is 2.80 bits per heavy atom. The number of ketones is 1. The summed E-state index contributed by atoms with van der Waals surface area (Å²) in [5, 5.41) is 0. The van der Waals surface area contributed by atoms with E-state index >= 15 is 0 Å². The number of likely N-dealkylation sites (tertiary alicyclic amines) is 1. The van der Waals surface area contributed by atoms with Crippen LogP contribution in [-0.2, 0) is 11.3 Å². The van der Waals surface area contributed by atoms with E-state index in [2.05, 4.69) is 9.97 Å². The van der Waals surface area contributed by atoms with Crippen LogP contribution >= 0.6 is 0 Å². The minimum absolute atomic E-state index is 0.0349. The van der Waals surface area contributed by atoms with Gasteiger partial charge < -0.3 is 14.2 Å². The number of Topliss-reactive ketones (excluding diaryl/α,β-unsaturated/α-hetero) is 1. The molecule has 1 aliphatic heterocycles. The number of imidazole rings is 1. The maximum atomic E-state index is 12.5. The van der Waals surface area contributed by atoms with Crippen LogP contribution < -0.4 is 0 Å². The Morgan fingerprint density at radius 2 is 2.12 bits per heavy atom. The van der Waals surface area contributed by atoms with Gasteiger partial charge in [-0.2, -0.15) is 0 Å². The molecule has 1 fully saturated rings. The maximum Gasteiger partial charge on any atom is 0.410 e. The molecule has 1 saturated heterocycles. The van der Waals surface area contributed by atoms with E-state index in [9.17, 15) is 9.59 Å². The number of fused-ring (bicyclic) bond motifs is 1. The molecular weight excluding hydrogens is 320 g/mol. The Hall–Kier alpha value is -2.44. The second kappa shape index (κ2) is 6.46. The van der Waals surface area contributed by atoms with Gasteiger partial charge in [0.25, 0.3) is 0 Å². The van der Waals surface area contributed by atoms with Gasteiger partial charge in [-0.05, 0) is 45.7 Å². The van der Waals surface area contributed by atoms with Crippen LogP contribution in [0.4, 0.5) is 4.79 Å². The highest BCUT2D eigenvalue weighted by molar-refractivity contribution is 5.94. The summed E-state index contributed by atoms with van der Waals surface area (Å²) in [6, 6.07) is 3.60. The number of nitrogens with zero attached hydrogens (tertiary/aromatic N) is 4. The summed E-state index contributed by atoms with van der Waals surface area (Å²) in [6.07, 6.45) is 3.16. The van der Waals surface area contributed by atoms with E-state index in [1.54, 1.807) is 17.2 Å². The second-order valence-electron chi connectivity index (χ2n) is 7.42. The van der Waals surface area contributed by atoms with Gasteiger partial charge in [-0.1, -0.05) is 0 Å². The average molecular weight is 344 g/mol. The number of amides is 1. The molecule has 1 unspecified atom stereocenters. The van der Waals surface area contributed by atoms with E-state index in [4.69, 9.17) is 4.74 Å². The van der Waals surface area contributed by atoms with Gasteiger partial charge in [-0.25, -0.2) is 14.8 Å². The normalized spacial score (nSPS) is 17.9. The zero-order valence-corrected chi connectivity index (χ0v) is 15.2. The lowest BCUT2D eigenvalue weighted by atomic mass is 10.2. The lowest BCUT2D eigenvalue weighted by Crippen LogP contribution is -2.41. The Kier molecular flexibility index (Phi) is 4.49. The molecule has 0 bridgehead atoms. The summed E-state index contributed by atoms with van der Waals surface area (Å²) in [5.41, 5.74) is 0.830. The first kappa shape index (κ1) is 17.4. The Bertz CT molecular complexity index is 806. The van der Waals surface area contributed by atoms with Gasteiger partial charge in [0.15, 0.2) is 17.3 Å². The summed E-state index contributed by atoms with van der Waals surface area (Å²) in [5.74, 6) is 0.268. The molecular formula is C18H24N4O3. The van der Waals surface area contributed by atoms with Crippen molar-refractivity contribution in [3.05, 3.63) is 24.2 Å². The average Bonchev–Trinajstić information content (AvgIpc) is 3.11. The number of carbonyl (C=O) groups is 2. The Labute approximate surface area is 147 Å². The predicted molar refractivity (Wildman–Crippen MR) is 93.5 cm³/mol. The molecule has 3 heterocycles. The highest BCUT2D eigenvalue weighted by Gasteiger charge is 2.33. The number of carbonyl (C=O) groups excluding carboxylic acids is 2. The van der Waals surface area contributed by atoms with Crippen molar-refractivity contribution in [2.45, 2.75) is 58.7 Å². The number of ether oxygens (including phenoxy) is 1. The summed E-state index contributed by atoms with van der Waals surface area (Å²) in [4.78, 5) is 35.0. The van der Waals surface area contributed by atoms with Crippen molar-refractivity contribution in [1.29, 1.82) is 0 Å². The first-order valence-electron chi connectivity index (χ1n) is 8.58. The standard InChI is InChI=1S/C18H24N4O3/c1-12(23)15-20-14-8-5-9-19-16(14)22(15)11-13-7-6-10-21(13)17(24)25-18(2,3)4/h5,8-9,13H,6-7,10-11H2,1-4H3. The van der Waals surface area contributed by atoms with E-state index in [0.29, 0.717) is 30.1 Å². The van der Waals surface area contributed by atoms with Gasteiger partial charge in [0.1, 0.15) is 11.1 Å². The third kappa shape index (κ3) is 3.65. The van der Waals surface area contributed by atoms with Gasteiger partial charge in [0.2, 0.25) is 0 Å². The SMILES string of the molecule is CC(=O)c1nc2cccnc2n1CC1CCCN1C(=O)OC(C)(C)C. The molecule has 1 aliphatic rings. The molecule has 0 N–H and O–H groups in total. The molecule has 2 aromatic rings. The number of aromatic nitrogens is 3. The van der Waals surface area contributed by atoms with Crippen molar-refractivity contribution < 1.29 is 14.3 Å². The lowest BCUT2D eigenvalue weighted by Gasteiger charge is -2.29. The molecule has 0 saturated carbocycles. The highest BCUT2D eigenvalue weighted by atomic mass is 16.6. The van der Waals surface area contributed by atoms with Crippen LogP contribution in [0.5, 0.6) is 0 Å². The fraction of sp³-hybridized carbons (Fsp3) is 0.556. The van der Waals surface area contributed by atoms with Gasteiger partial charge >= 0.3 is 6.09 Å². The van der Waals surface area contributed by atoms with Crippen molar-refractivity contribution in [2.75, 3.05) is 6.54 Å². The van der Waals surface area contributed by atoms with Crippen molar-refractivity contribution in [2.24, 2.45) is 0 Å². The second-order valence-corrected chi connectivity index (χ2v) is 7.42. The molecule has 2 aromatic heterocycles. The number of rotatable bonds is 3. The van der Waals surface area contributed by atoms with Crippen molar-refractivity contribution >= 4 is 23.0 Å². The molecule has 1 atom stereocenters. The topological polar surface area (TPSA) is 77.3 Å². The van der Waals surface area contributed by atoms with Gasteiger partial charge in [-0.3, -0.25) is 4.79 Å². The van der Waals surface area contributed by atoms with Crippen molar-refractivity contribution in [1.82, 2.24) is 19.4 Å². The van der Waals surface area contributed by atoms with Crippen LogP contribution in [0.15, 0.2) is 18.3 Å². The number of pyridine rings is 1. The zero-order valence-electron chi connectivity index (χ0n) is 15.2. The van der Waals surface area contributed by atoms with Gasteiger partial charge in [-0.15, -0.1) is 0 Å². The molecule has 7 heteroatoms. The Morgan fingerprint density at radius 1 is 1.36 bits per heavy atom. The van der Waals surface area contributed by atoms with Crippen LogP contribution in [0.25, 0.3) is 11.2 Å². The van der Waals surface area contributed by atoms with Crippen molar-refractivity contribution in [3.63, 3.8) is 0 Å². The first-order chi connectivity index (χ1) is 11.8. The molecule has 3 rings (SSSR count). The molecule has 0 aliphatic carbocycles. The summed E-state index contributed by atoms with van der Waals surface area (Å²) < 4.78 is 7.34. The minimum atomic E-state index is -0.530. The molecule has 7 nitrogen and oxygen atoms in total. The fourth-order valence-electron chi connectivity index (χ4n) is 3.20. The molecule has 0 aromatic carbocycles. The number of hydrogen-bond acceptors (Lipinski definition) is 5.